The van der Waals surface area contributed by atoms with E-state index in [0.29, 0.717) is 19.5 Å². The average Bonchev–Trinajstić information content (AvgIpc) is 2.25. The molecule has 1 rings (SSSR count). The summed E-state index contributed by atoms with van der Waals surface area (Å²) >= 11 is 0. The van der Waals surface area contributed by atoms with Gasteiger partial charge in [0.2, 0.25) is 12.3 Å². The van der Waals surface area contributed by atoms with Crippen LogP contribution in [0.2, 0.25) is 0 Å². The van der Waals surface area contributed by atoms with Crippen molar-refractivity contribution >= 4 is 12.3 Å². The normalized spacial score (nSPS) is 9.40. The molecule has 0 saturated heterocycles. The first kappa shape index (κ1) is 11.2. The highest BCUT2D eigenvalue weighted by Gasteiger charge is 1.95. The Morgan fingerprint density at radius 1 is 1.20 bits per heavy atom. The molecule has 0 aliphatic heterocycles. The Kier molecular flexibility index (Phi) is 4.34. The van der Waals surface area contributed by atoms with Crippen molar-refractivity contribution in [3.63, 3.8) is 0 Å². The van der Waals surface area contributed by atoms with Crippen molar-refractivity contribution < 1.29 is 9.59 Å². The van der Waals surface area contributed by atoms with Crippen LogP contribution in [0.3, 0.4) is 0 Å². The zero-order chi connectivity index (χ0) is 11.1. The minimum atomic E-state index is -0.0401. The molecule has 0 aliphatic rings. The van der Waals surface area contributed by atoms with Crippen LogP contribution in [-0.4, -0.2) is 12.3 Å². The Morgan fingerprint density at radius 3 is 2.20 bits per heavy atom. The van der Waals surface area contributed by atoms with E-state index in [9.17, 15) is 9.59 Å². The first-order chi connectivity index (χ1) is 7.22. The molecule has 0 bridgehead atoms. The molecule has 0 radical (unpaired) electrons. The third kappa shape index (κ3) is 4.26. The zero-order valence-electron chi connectivity index (χ0n) is 8.62. The lowest BCUT2D eigenvalue weighted by atomic mass is 10.1. The summed E-state index contributed by atoms with van der Waals surface area (Å²) in [7, 11) is 0. The largest absolute Gasteiger partial charge is 0.355 e. The summed E-state index contributed by atoms with van der Waals surface area (Å²) < 4.78 is 0. The molecule has 0 heterocycles. The maximum Gasteiger partial charge on any atom is 0.217 e. The molecule has 4 nitrogen and oxygen atoms in total. The second kappa shape index (κ2) is 5.80. The van der Waals surface area contributed by atoms with Gasteiger partial charge in [0.15, 0.2) is 0 Å². The number of nitrogens with one attached hydrogen (secondary N) is 2. The predicted molar refractivity (Wildman–Crippen MR) is 56.9 cm³/mol. The Labute approximate surface area is 88.7 Å². The van der Waals surface area contributed by atoms with Gasteiger partial charge in [-0.1, -0.05) is 24.3 Å². The lowest BCUT2D eigenvalue weighted by molar-refractivity contribution is -0.119. The summed E-state index contributed by atoms with van der Waals surface area (Å²) in [5, 5.41) is 5.30. The van der Waals surface area contributed by atoms with Crippen molar-refractivity contribution in [1.82, 2.24) is 10.6 Å². The van der Waals surface area contributed by atoms with E-state index in [2.05, 4.69) is 10.6 Å². The van der Waals surface area contributed by atoms with Gasteiger partial charge in [0.05, 0.1) is 0 Å². The molecule has 0 saturated carbocycles. The third-order valence-corrected chi connectivity index (χ3v) is 1.95. The molecular formula is C11H14N2O2. The Balaban J connectivity index is 2.48. The van der Waals surface area contributed by atoms with Gasteiger partial charge in [0.1, 0.15) is 0 Å². The topological polar surface area (TPSA) is 58.2 Å². The molecule has 1 aromatic rings. The SMILES string of the molecule is CC(=O)NCc1ccc(CNC=O)cc1. The fourth-order valence-corrected chi connectivity index (χ4v) is 1.16. The van der Waals surface area contributed by atoms with Crippen LogP contribution in [0.4, 0.5) is 0 Å². The molecule has 80 valence electrons. The number of rotatable bonds is 5. The molecular weight excluding hydrogens is 192 g/mol. The summed E-state index contributed by atoms with van der Waals surface area (Å²) in [6.07, 6.45) is 0.672. The van der Waals surface area contributed by atoms with Crippen molar-refractivity contribution in [2.75, 3.05) is 0 Å². The summed E-state index contributed by atoms with van der Waals surface area (Å²) in [4.78, 5) is 20.7. The van der Waals surface area contributed by atoms with E-state index < -0.39 is 0 Å². The smallest absolute Gasteiger partial charge is 0.217 e. The van der Waals surface area contributed by atoms with Crippen molar-refractivity contribution in [2.24, 2.45) is 0 Å². The standard InChI is InChI=1S/C11H14N2O2/c1-9(15)13-7-11-4-2-10(3-5-11)6-12-8-14/h2-5,8H,6-7H2,1H3,(H,12,14)(H,13,15). The number of carbonyl (C=O) groups excluding carboxylic acids is 2. The predicted octanol–water partition coefficient (Wildman–Crippen LogP) is 0.569. The lowest BCUT2D eigenvalue weighted by Crippen LogP contribution is -2.18. The molecule has 0 spiro atoms. The lowest BCUT2D eigenvalue weighted by Gasteiger charge is -2.04. The van der Waals surface area contributed by atoms with E-state index in [1.165, 1.54) is 6.92 Å². The van der Waals surface area contributed by atoms with E-state index in [1.807, 2.05) is 24.3 Å². The average molecular weight is 206 g/mol. The Bertz CT molecular complexity index is 333. The Hall–Kier alpha value is -1.84. The molecule has 4 heteroatoms. The summed E-state index contributed by atoms with van der Waals surface area (Å²) in [6, 6.07) is 7.71. The van der Waals surface area contributed by atoms with Gasteiger partial charge in [0.25, 0.3) is 0 Å². The maximum absolute atomic E-state index is 10.7. The first-order valence-corrected chi connectivity index (χ1v) is 4.71. The molecule has 2 amide bonds. The third-order valence-electron chi connectivity index (χ3n) is 1.95. The van der Waals surface area contributed by atoms with Gasteiger partial charge in [-0.25, -0.2) is 0 Å². The number of carbonyl (C=O) groups is 2. The summed E-state index contributed by atoms with van der Waals surface area (Å²) in [5.74, 6) is -0.0401. The van der Waals surface area contributed by atoms with E-state index in [-0.39, 0.29) is 5.91 Å². The van der Waals surface area contributed by atoms with Crippen molar-refractivity contribution in [2.45, 2.75) is 20.0 Å². The van der Waals surface area contributed by atoms with Crippen molar-refractivity contribution in [3.8, 4) is 0 Å². The molecule has 1 aromatic carbocycles. The van der Waals surface area contributed by atoms with Gasteiger partial charge in [-0.3, -0.25) is 9.59 Å². The summed E-state index contributed by atoms with van der Waals surface area (Å²) in [5.41, 5.74) is 2.08. The van der Waals surface area contributed by atoms with Gasteiger partial charge in [-0.05, 0) is 11.1 Å². The van der Waals surface area contributed by atoms with Gasteiger partial charge < -0.3 is 10.6 Å². The van der Waals surface area contributed by atoms with E-state index in [0.717, 1.165) is 11.1 Å². The minimum Gasteiger partial charge on any atom is -0.355 e. The van der Waals surface area contributed by atoms with Crippen LogP contribution in [0, 0.1) is 0 Å². The molecule has 0 aliphatic carbocycles. The van der Waals surface area contributed by atoms with Crippen LogP contribution < -0.4 is 10.6 Å². The molecule has 0 unspecified atom stereocenters. The maximum atomic E-state index is 10.7. The molecule has 2 N–H and O–H groups in total. The number of hydrogen-bond donors (Lipinski definition) is 2. The zero-order valence-corrected chi connectivity index (χ0v) is 8.62. The molecule has 0 aromatic heterocycles. The van der Waals surface area contributed by atoms with Gasteiger partial charge in [-0.15, -0.1) is 0 Å². The number of hydrogen-bond acceptors (Lipinski definition) is 2. The second-order valence-electron chi connectivity index (χ2n) is 3.22. The fraction of sp³-hybridized carbons (Fsp3) is 0.273. The second-order valence-corrected chi connectivity index (χ2v) is 3.22. The van der Waals surface area contributed by atoms with Crippen LogP contribution in [0.15, 0.2) is 24.3 Å². The van der Waals surface area contributed by atoms with Crippen LogP contribution in [0.1, 0.15) is 18.1 Å². The molecule has 0 atom stereocenters. The van der Waals surface area contributed by atoms with E-state index >= 15 is 0 Å². The van der Waals surface area contributed by atoms with E-state index in [1.54, 1.807) is 0 Å². The van der Waals surface area contributed by atoms with Crippen molar-refractivity contribution in [1.29, 1.82) is 0 Å². The highest BCUT2D eigenvalue weighted by molar-refractivity contribution is 5.72. The molecule has 15 heavy (non-hydrogen) atoms. The molecule has 0 fully saturated rings. The number of benzene rings is 1. The Morgan fingerprint density at radius 2 is 1.73 bits per heavy atom. The van der Waals surface area contributed by atoms with Crippen LogP contribution in [0.5, 0.6) is 0 Å². The van der Waals surface area contributed by atoms with Gasteiger partial charge in [0, 0.05) is 20.0 Å². The van der Waals surface area contributed by atoms with Crippen LogP contribution in [0.25, 0.3) is 0 Å². The minimum absolute atomic E-state index is 0.0401. The fourth-order valence-electron chi connectivity index (χ4n) is 1.16. The van der Waals surface area contributed by atoms with Gasteiger partial charge in [-0.2, -0.15) is 0 Å². The highest BCUT2D eigenvalue weighted by atomic mass is 16.1. The van der Waals surface area contributed by atoms with Crippen LogP contribution in [-0.2, 0) is 22.7 Å². The number of amides is 2. The first-order valence-electron chi connectivity index (χ1n) is 4.71. The van der Waals surface area contributed by atoms with Crippen LogP contribution >= 0.6 is 0 Å². The van der Waals surface area contributed by atoms with Crippen molar-refractivity contribution in [3.05, 3.63) is 35.4 Å². The van der Waals surface area contributed by atoms with E-state index in [4.69, 9.17) is 0 Å². The highest BCUT2D eigenvalue weighted by Crippen LogP contribution is 2.03. The quantitative estimate of drug-likeness (QED) is 0.692. The van der Waals surface area contributed by atoms with Gasteiger partial charge >= 0.3 is 0 Å². The summed E-state index contributed by atoms with van der Waals surface area (Å²) in [6.45, 7) is 2.56. The monoisotopic (exact) mass is 206 g/mol.